The molecule has 0 aliphatic heterocycles. The van der Waals surface area contributed by atoms with Gasteiger partial charge in [0.05, 0.1) is 23.0 Å². The van der Waals surface area contributed by atoms with E-state index < -0.39 is 0 Å². The first kappa shape index (κ1) is 17.1. The SMILES string of the molecule is COc1ccc(-c2csc(/N=C(\N)c3nc4ccc(Br)cc4s3)n2)cc1. The maximum atomic E-state index is 6.15. The topological polar surface area (TPSA) is 73.4 Å². The second kappa shape index (κ2) is 7.14. The molecule has 0 spiro atoms. The number of nitrogens with zero attached hydrogens (tertiary/aromatic N) is 3. The monoisotopic (exact) mass is 444 g/mol. The predicted molar refractivity (Wildman–Crippen MR) is 112 cm³/mol. The molecule has 2 aromatic heterocycles. The molecule has 4 aromatic rings. The van der Waals surface area contributed by atoms with Crippen molar-refractivity contribution in [2.45, 2.75) is 0 Å². The van der Waals surface area contributed by atoms with Gasteiger partial charge in [-0.05, 0) is 42.5 Å². The summed E-state index contributed by atoms with van der Waals surface area (Å²) in [6.45, 7) is 0. The molecule has 8 heteroatoms. The summed E-state index contributed by atoms with van der Waals surface area (Å²) in [5.74, 6) is 1.19. The maximum Gasteiger partial charge on any atom is 0.211 e. The van der Waals surface area contributed by atoms with Crippen molar-refractivity contribution in [3.05, 3.63) is 57.3 Å². The fourth-order valence-electron chi connectivity index (χ4n) is 2.37. The second-order valence-electron chi connectivity index (χ2n) is 5.37. The molecule has 2 aromatic carbocycles. The summed E-state index contributed by atoms with van der Waals surface area (Å²) >= 11 is 6.43. The van der Waals surface area contributed by atoms with Crippen molar-refractivity contribution in [1.82, 2.24) is 9.97 Å². The summed E-state index contributed by atoms with van der Waals surface area (Å²) in [6, 6.07) is 13.7. The number of nitrogens with two attached hydrogens (primary N) is 1. The van der Waals surface area contributed by atoms with Gasteiger partial charge in [-0.15, -0.1) is 22.7 Å². The highest BCUT2D eigenvalue weighted by atomic mass is 79.9. The minimum atomic E-state index is 0.373. The van der Waals surface area contributed by atoms with Gasteiger partial charge in [0, 0.05) is 15.4 Å². The third-order valence-electron chi connectivity index (χ3n) is 3.66. The van der Waals surface area contributed by atoms with E-state index in [9.17, 15) is 0 Å². The number of aromatic nitrogens is 2. The number of thiazole rings is 2. The lowest BCUT2D eigenvalue weighted by Crippen LogP contribution is -2.12. The highest BCUT2D eigenvalue weighted by molar-refractivity contribution is 9.10. The van der Waals surface area contributed by atoms with Crippen molar-refractivity contribution < 1.29 is 4.74 Å². The Morgan fingerprint density at radius 3 is 2.73 bits per heavy atom. The van der Waals surface area contributed by atoms with Crippen LogP contribution in [-0.4, -0.2) is 22.9 Å². The van der Waals surface area contributed by atoms with E-state index in [4.69, 9.17) is 10.5 Å². The molecule has 0 unspecified atom stereocenters. The molecule has 0 fully saturated rings. The molecule has 0 amide bonds. The lowest BCUT2D eigenvalue weighted by atomic mass is 10.2. The minimum Gasteiger partial charge on any atom is -0.497 e. The third-order valence-corrected chi connectivity index (χ3v) is 5.93. The van der Waals surface area contributed by atoms with Gasteiger partial charge in [0.15, 0.2) is 10.8 Å². The van der Waals surface area contributed by atoms with Crippen molar-refractivity contribution in [3.63, 3.8) is 0 Å². The van der Waals surface area contributed by atoms with E-state index in [1.54, 1.807) is 7.11 Å². The molecule has 2 heterocycles. The Labute approximate surface area is 166 Å². The van der Waals surface area contributed by atoms with E-state index in [1.165, 1.54) is 22.7 Å². The fourth-order valence-corrected chi connectivity index (χ4v) is 4.50. The number of rotatable bonds is 4. The Bertz CT molecular complexity index is 1100. The van der Waals surface area contributed by atoms with E-state index in [0.29, 0.717) is 16.0 Å². The maximum absolute atomic E-state index is 6.15. The van der Waals surface area contributed by atoms with Crippen molar-refractivity contribution in [2.24, 2.45) is 10.7 Å². The molecular formula is C18H13BrN4OS2. The smallest absolute Gasteiger partial charge is 0.211 e. The van der Waals surface area contributed by atoms with Gasteiger partial charge in [-0.1, -0.05) is 15.9 Å². The molecule has 5 nitrogen and oxygen atoms in total. The van der Waals surface area contributed by atoms with Crippen molar-refractivity contribution in [2.75, 3.05) is 7.11 Å². The van der Waals surface area contributed by atoms with Crippen LogP contribution >= 0.6 is 38.6 Å². The zero-order valence-corrected chi connectivity index (χ0v) is 16.9. The number of benzene rings is 2. The predicted octanol–water partition coefficient (Wildman–Crippen LogP) is 5.23. The van der Waals surface area contributed by atoms with Crippen molar-refractivity contribution >= 4 is 59.8 Å². The van der Waals surface area contributed by atoms with E-state index in [-0.39, 0.29) is 0 Å². The lowest BCUT2D eigenvalue weighted by Gasteiger charge is -2.00. The molecule has 0 aliphatic rings. The van der Waals surface area contributed by atoms with Crippen LogP contribution in [-0.2, 0) is 0 Å². The molecule has 4 rings (SSSR count). The van der Waals surface area contributed by atoms with Gasteiger partial charge in [-0.3, -0.25) is 0 Å². The second-order valence-corrected chi connectivity index (χ2v) is 8.15. The highest BCUT2D eigenvalue weighted by Gasteiger charge is 2.10. The molecule has 0 aliphatic carbocycles. The largest absolute Gasteiger partial charge is 0.497 e. The standard InChI is InChI=1S/C18H13BrN4OS2/c1-24-12-5-2-10(3-6-12)14-9-25-18(22-14)23-16(20)17-21-13-7-4-11(19)8-15(13)26-17/h2-9H,1H3,(H2,20,22,23). The van der Waals surface area contributed by atoms with Crippen molar-refractivity contribution in [3.8, 4) is 17.0 Å². The van der Waals surface area contributed by atoms with Crippen LogP contribution in [0.2, 0.25) is 0 Å². The Balaban J connectivity index is 1.61. The van der Waals surface area contributed by atoms with E-state index in [1.807, 2.05) is 47.8 Å². The normalized spacial score (nSPS) is 11.8. The van der Waals surface area contributed by atoms with Gasteiger partial charge in [0.1, 0.15) is 5.75 Å². The summed E-state index contributed by atoms with van der Waals surface area (Å²) in [5.41, 5.74) is 8.92. The molecule has 0 saturated carbocycles. The zero-order chi connectivity index (χ0) is 18.1. The summed E-state index contributed by atoms with van der Waals surface area (Å²) in [5, 5.41) is 3.26. The van der Waals surface area contributed by atoms with Crippen LogP contribution in [0.1, 0.15) is 5.01 Å². The van der Waals surface area contributed by atoms with Gasteiger partial charge in [-0.25, -0.2) is 9.97 Å². The Hall–Kier alpha value is -2.29. The van der Waals surface area contributed by atoms with Crippen LogP contribution in [0, 0.1) is 0 Å². The quantitative estimate of drug-likeness (QED) is 0.345. The van der Waals surface area contributed by atoms with E-state index in [0.717, 1.165) is 31.7 Å². The number of methoxy groups -OCH3 is 1. The fraction of sp³-hybridized carbons (Fsp3) is 0.0556. The Morgan fingerprint density at radius 2 is 1.96 bits per heavy atom. The third kappa shape index (κ3) is 3.48. The number of fused-ring (bicyclic) bond motifs is 1. The summed E-state index contributed by atoms with van der Waals surface area (Å²) in [4.78, 5) is 13.5. The molecule has 0 bridgehead atoms. The van der Waals surface area contributed by atoms with Crippen LogP contribution in [0.4, 0.5) is 5.13 Å². The van der Waals surface area contributed by atoms with Gasteiger partial charge < -0.3 is 10.5 Å². The number of ether oxygens (including phenoxy) is 1. The molecular weight excluding hydrogens is 432 g/mol. The van der Waals surface area contributed by atoms with Crippen molar-refractivity contribution in [1.29, 1.82) is 0 Å². The van der Waals surface area contributed by atoms with Gasteiger partial charge >= 0.3 is 0 Å². The van der Waals surface area contributed by atoms with E-state index >= 15 is 0 Å². The first-order chi connectivity index (χ1) is 12.6. The lowest BCUT2D eigenvalue weighted by molar-refractivity contribution is 0.415. The first-order valence-corrected chi connectivity index (χ1v) is 10.1. The van der Waals surface area contributed by atoms with Crippen LogP contribution in [0.3, 0.4) is 0 Å². The summed E-state index contributed by atoms with van der Waals surface area (Å²) in [7, 11) is 1.65. The number of aliphatic imine (C=N–C) groups is 1. The Kier molecular flexibility index (Phi) is 4.71. The van der Waals surface area contributed by atoms with Crippen LogP contribution < -0.4 is 10.5 Å². The number of amidine groups is 1. The van der Waals surface area contributed by atoms with Gasteiger partial charge in [0.2, 0.25) is 5.13 Å². The van der Waals surface area contributed by atoms with Crippen LogP contribution in [0.5, 0.6) is 5.75 Å². The average Bonchev–Trinajstić information content (AvgIpc) is 3.28. The minimum absolute atomic E-state index is 0.373. The molecule has 130 valence electrons. The van der Waals surface area contributed by atoms with Gasteiger partial charge in [-0.2, -0.15) is 4.99 Å². The molecule has 2 N–H and O–H groups in total. The number of halogens is 1. The number of hydrogen-bond donors (Lipinski definition) is 1. The molecule has 0 radical (unpaired) electrons. The highest BCUT2D eigenvalue weighted by Crippen LogP contribution is 2.29. The zero-order valence-electron chi connectivity index (χ0n) is 13.6. The van der Waals surface area contributed by atoms with Gasteiger partial charge in [0.25, 0.3) is 0 Å². The first-order valence-electron chi connectivity index (χ1n) is 7.63. The van der Waals surface area contributed by atoms with Crippen LogP contribution in [0.25, 0.3) is 21.5 Å². The molecule has 26 heavy (non-hydrogen) atoms. The average molecular weight is 445 g/mol. The summed E-state index contributed by atoms with van der Waals surface area (Å²) in [6.07, 6.45) is 0. The molecule has 0 atom stereocenters. The number of hydrogen-bond acceptors (Lipinski definition) is 6. The Morgan fingerprint density at radius 1 is 1.15 bits per heavy atom. The van der Waals surface area contributed by atoms with E-state index in [2.05, 4.69) is 30.9 Å². The summed E-state index contributed by atoms with van der Waals surface area (Å²) < 4.78 is 7.25. The molecule has 0 saturated heterocycles. The van der Waals surface area contributed by atoms with Crippen LogP contribution in [0.15, 0.2) is 57.3 Å².